The Balaban J connectivity index is 2.22. The Morgan fingerprint density at radius 2 is 2.15 bits per heavy atom. The van der Waals surface area contributed by atoms with Crippen molar-refractivity contribution < 1.29 is 13.2 Å². The van der Waals surface area contributed by atoms with Gasteiger partial charge in [-0.2, -0.15) is 0 Å². The maximum atomic E-state index is 11.7. The van der Waals surface area contributed by atoms with E-state index in [0.717, 1.165) is 25.9 Å². The number of nitrogen functional groups attached to an aromatic ring is 1. The molecule has 1 saturated heterocycles. The highest BCUT2D eigenvalue weighted by Gasteiger charge is 2.21. The van der Waals surface area contributed by atoms with E-state index >= 15 is 0 Å². The van der Waals surface area contributed by atoms with Gasteiger partial charge < -0.3 is 15.4 Å². The van der Waals surface area contributed by atoms with Gasteiger partial charge >= 0.3 is 0 Å². The summed E-state index contributed by atoms with van der Waals surface area (Å²) in [7, 11) is -1.97. The zero-order valence-electron chi connectivity index (χ0n) is 11.6. The third-order valence-corrected chi connectivity index (χ3v) is 4.39. The van der Waals surface area contributed by atoms with Crippen molar-refractivity contribution in [2.45, 2.75) is 30.3 Å². The number of sulfonamides is 1. The van der Waals surface area contributed by atoms with Crippen LogP contribution >= 0.6 is 0 Å². The van der Waals surface area contributed by atoms with Crippen LogP contribution in [0.3, 0.4) is 0 Å². The van der Waals surface area contributed by atoms with Crippen LogP contribution in [0, 0.1) is 0 Å². The number of nitrogens with zero attached hydrogens (tertiary/aromatic N) is 1. The second-order valence-electron chi connectivity index (χ2n) is 5.14. The van der Waals surface area contributed by atoms with Crippen LogP contribution in [0.25, 0.3) is 0 Å². The number of primary sulfonamides is 1. The minimum Gasteiger partial charge on any atom is -0.399 e. The zero-order valence-corrected chi connectivity index (χ0v) is 12.4. The number of rotatable bonds is 4. The first-order chi connectivity index (χ1) is 9.38. The fourth-order valence-electron chi connectivity index (χ4n) is 2.43. The zero-order chi connectivity index (χ0) is 14.8. The van der Waals surface area contributed by atoms with E-state index in [1.165, 1.54) is 6.07 Å². The highest BCUT2D eigenvalue weighted by Crippen LogP contribution is 2.27. The smallest absolute Gasteiger partial charge is 0.240 e. The molecule has 1 aromatic rings. The van der Waals surface area contributed by atoms with E-state index in [1.807, 2.05) is 11.9 Å². The van der Waals surface area contributed by atoms with Gasteiger partial charge in [0.1, 0.15) is 4.90 Å². The number of hydrogen-bond donors (Lipinski definition) is 2. The molecule has 0 radical (unpaired) electrons. The van der Waals surface area contributed by atoms with E-state index < -0.39 is 10.0 Å². The molecule has 0 saturated carbocycles. The van der Waals surface area contributed by atoms with E-state index in [2.05, 4.69) is 0 Å². The summed E-state index contributed by atoms with van der Waals surface area (Å²) in [6.07, 6.45) is 3.34. The van der Waals surface area contributed by atoms with Gasteiger partial charge in [-0.25, -0.2) is 13.6 Å². The van der Waals surface area contributed by atoms with Crippen LogP contribution in [0.5, 0.6) is 0 Å². The molecule has 1 aliphatic rings. The standard InChI is InChI=1S/C13H21N3O3S/c1-16(9-11-4-2-3-7-19-11)12-6-5-10(14)8-13(12)20(15,17)18/h5-6,8,11H,2-4,7,9,14H2,1H3,(H2,15,17,18). The molecule has 1 atom stereocenters. The minimum absolute atomic E-state index is 0.0517. The number of ether oxygens (including phenoxy) is 1. The van der Waals surface area contributed by atoms with Gasteiger partial charge in [0, 0.05) is 25.9 Å². The van der Waals surface area contributed by atoms with Crippen molar-refractivity contribution in [1.82, 2.24) is 0 Å². The van der Waals surface area contributed by atoms with Gasteiger partial charge in [0.05, 0.1) is 11.8 Å². The molecule has 1 fully saturated rings. The van der Waals surface area contributed by atoms with E-state index in [4.69, 9.17) is 15.6 Å². The number of anilines is 2. The summed E-state index contributed by atoms with van der Waals surface area (Å²) in [5.41, 5.74) is 6.57. The summed E-state index contributed by atoms with van der Waals surface area (Å²) in [5.74, 6) is 0. The molecule has 0 amide bonds. The second-order valence-corrected chi connectivity index (χ2v) is 6.67. The molecule has 0 aliphatic carbocycles. The van der Waals surface area contributed by atoms with Gasteiger partial charge in [-0.1, -0.05) is 0 Å². The van der Waals surface area contributed by atoms with E-state index in [1.54, 1.807) is 12.1 Å². The second kappa shape index (κ2) is 5.99. The first-order valence-electron chi connectivity index (χ1n) is 6.63. The number of benzene rings is 1. The first-order valence-corrected chi connectivity index (χ1v) is 8.17. The molecule has 112 valence electrons. The Morgan fingerprint density at radius 3 is 2.75 bits per heavy atom. The van der Waals surface area contributed by atoms with Gasteiger partial charge in [-0.05, 0) is 37.5 Å². The van der Waals surface area contributed by atoms with Crippen LogP contribution in [-0.2, 0) is 14.8 Å². The maximum absolute atomic E-state index is 11.7. The quantitative estimate of drug-likeness (QED) is 0.806. The van der Waals surface area contributed by atoms with Crippen LogP contribution in [0.15, 0.2) is 23.1 Å². The van der Waals surface area contributed by atoms with Crippen molar-refractivity contribution in [3.8, 4) is 0 Å². The fraction of sp³-hybridized carbons (Fsp3) is 0.538. The Morgan fingerprint density at radius 1 is 1.40 bits per heavy atom. The molecule has 1 heterocycles. The van der Waals surface area contributed by atoms with Crippen molar-refractivity contribution in [2.24, 2.45) is 5.14 Å². The van der Waals surface area contributed by atoms with Crippen molar-refractivity contribution in [3.63, 3.8) is 0 Å². The number of likely N-dealkylation sites (N-methyl/N-ethyl adjacent to an activating group) is 1. The van der Waals surface area contributed by atoms with Crippen molar-refractivity contribution >= 4 is 21.4 Å². The third-order valence-electron chi connectivity index (χ3n) is 3.45. The molecule has 1 aliphatic heterocycles. The lowest BCUT2D eigenvalue weighted by atomic mass is 10.1. The SMILES string of the molecule is CN(CC1CCCCO1)c1ccc(N)cc1S(N)(=O)=O. The summed E-state index contributed by atoms with van der Waals surface area (Å²) in [5, 5.41) is 5.26. The third kappa shape index (κ3) is 3.62. The van der Waals surface area contributed by atoms with E-state index in [9.17, 15) is 8.42 Å². The fourth-order valence-corrected chi connectivity index (χ4v) is 3.24. The summed E-state index contributed by atoms with van der Waals surface area (Å²) < 4.78 is 29.0. The average molecular weight is 299 g/mol. The van der Waals surface area contributed by atoms with Gasteiger partial charge in [0.15, 0.2) is 0 Å². The van der Waals surface area contributed by atoms with Gasteiger partial charge in [0.2, 0.25) is 10.0 Å². The molecule has 6 nitrogen and oxygen atoms in total. The maximum Gasteiger partial charge on any atom is 0.240 e. The normalized spacial score (nSPS) is 19.8. The van der Waals surface area contributed by atoms with Gasteiger partial charge in [-0.15, -0.1) is 0 Å². The summed E-state index contributed by atoms with van der Waals surface area (Å²) >= 11 is 0. The predicted molar refractivity (Wildman–Crippen MR) is 79.1 cm³/mol. The largest absolute Gasteiger partial charge is 0.399 e. The monoisotopic (exact) mass is 299 g/mol. The first kappa shape index (κ1) is 15.1. The van der Waals surface area contributed by atoms with Gasteiger partial charge in [0.25, 0.3) is 0 Å². The predicted octanol–water partition coefficient (Wildman–Crippen LogP) is 0.922. The number of hydrogen-bond acceptors (Lipinski definition) is 5. The van der Waals surface area contributed by atoms with Crippen LogP contribution in [-0.4, -0.2) is 34.7 Å². The van der Waals surface area contributed by atoms with Crippen LogP contribution in [0.4, 0.5) is 11.4 Å². The lowest BCUT2D eigenvalue weighted by Gasteiger charge is -2.29. The summed E-state index contributed by atoms with van der Waals surface area (Å²) in [4.78, 5) is 1.91. The highest BCUT2D eigenvalue weighted by atomic mass is 32.2. The lowest BCUT2D eigenvalue weighted by Crippen LogP contribution is -2.34. The Hall–Kier alpha value is -1.31. The molecule has 20 heavy (non-hydrogen) atoms. The molecule has 2 rings (SSSR count). The lowest BCUT2D eigenvalue weighted by molar-refractivity contribution is 0.0215. The van der Waals surface area contributed by atoms with Crippen molar-refractivity contribution in [2.75, 3.05) is 30.8 Å². The molecular weight excluding hydrogens is 278 g/mol. The molecule has 0 bridgehead atoms. The van der Waals surface area contributed by atoms with Crippen molar-refractivity contribution in [3.05, 3.63) is 18.2 Å². The summed E-state index contributed by atoms with van der Waals surface area (Å²) in [6.45, 7) is 1.40. The summed E-state index contributed by atoms with van der Waals surface area (Å²) in [6, 6.07) is 4.74. The molecule has 0 spiro atoms. The van der Waals surface area contributed by atoms with Gasteiger partial charge in [-0.3, -0.25) is 0 Å². The van der Waals surface area contributed by atoms with E-state index in [0.29, 0.717) is 17.9 Å². The number of nitrogens with two attached hydrogens (primary N) is 2. The van der Waals surface area contributed by atoms with Crippen molar-refractivity contribution in [1.29, 1.82) is 0 Å². The molecular formula is C13H21N3O3S. The molecule has 0 aromatic heterocycles. The Labute approximate surface area is 119 Å². The Bertz CT molecular complexity index is 568. The molecule has 4 N–H and O–H groups in total. The van der Waals surface area contributed by atoms with E-state index in [-0.39, 0.29) is 11.0 Å². The van der Waals surface area contributed by atoms with Crippen LogP contribution < -0.4 is 15.8 Å². The highest BCUT2D eigenvalue weighted by molar-refractivity contribution is 7.89. The molecule has 1 unspecified atom stereocenters. The minimum atomic E-state index is -3.80. The molecule has 1 aromatic carbocycles. The topological polar surface area (TPSA) is 98.7 Å². The molecule has 7 heteroatoms. The van der Waals surface area contributed by atoms with Crippen LogP contribution in [0.2, 0.25) is 0 Å². The Kier molecular flexibility index (Phi) is 4.52. The van der Waals surface area contributed by atoms with Crippen LogP contribution in [0.1, 0.15) is 19.3 Å². The average Bonchev–Trinajstić information content (AvgIpc) is 2.38.